The molecule has 0 heterocycles. The van der Waals surface area contributed by atoms with Gasteiger partial charge in [0.25, 0.3) is 7.82 Å². The summed E-state index contributed by atoms with van der Waals surface area (Å²) in [5.74, 6) is -0.842. The van der Waals surface area contributed by atoms with Gasteiger partial charge in [-0.05, 0) is 44.9 Å². The van der Waals surface area contributed by atoms with Crippen LogP contribution < -0.4 is 4.89 Å². The number of allylic oxidation sites excluding steroid dienone is 4. The molecule has 0 saturated heterocycles. The maximum absolute atomic E-state index is 12.7. The van der Waals surface area contributed by atoms with Crippen LogP contribution in [0.25, 0.3) is 0 Å². The van der Waals surface area contributed by atoms with E-state index in [2.05, 4.69) is 38.2 Å². The third-order valence-corrected chi connectivity index (χ3v) is 10.9. The van der Waals surface area contributed by atoms with Crippen molar-refractivity contribution in [2.45, 2.75) is 213 Å². The van der Waals surface area contributed by atoms with E-state index in [1.54, 1.807) is 0 Å². The van der Waals surface area contributed by atoms with Gasteiger partial charge in [0.2, 0.25) is 0 Å². The summed E-state index contributed by atoms with van der Waals surface area (Å²) in [5, 5.41) is 0. The molecule has 0 fully saturated rings. The Balaban J connectivity index is 4.32. The smallest absolute Gasteiger partial charge is 0.306 e. The number of rotatable bonds is 42. The molecule has 10 heteroatoms. The van der Waals surface area contributed by atoms with Crippen molar-refractivity contribution in [3.63, 3.8) is 0 Å². The number of likely N-dealkylation sites (N-methyl/N-ethyl adjacent to an activating group) is 1. The second-order valence-corrected chi connectivity index (χ2v) is 18.2. The third kappa shape index (κ3) is 42.1. The third-order valence-electron chi connectivity index (χ3n) is 9.97. The van der Waals surface area contributed by atoms with Gasteiger partial charge in [0.05, 0.1) is 27.7 Å². The van der Waals surface area contributed by atoms with Gasteiger partial charge in [-0.15, -0.1) is 0 Å². The SMILES string of the molecule is CCCCC/C=C/C/C=C/CCCCCCCC(=O)O[C@H](COC(=O)CCCCCCCCCCCCCCCCCCC)COP(=O)([O-])OCC[N+](C)(C)C. The summed E-state index contributed by atoms with van der Waals surface area (Å²) in [6.45, 7) is 4.21. The fourth-order valence-electron chi connectivity index (χ4n) is 6.33. The largest absolute Gasteiger partial charge is 0.756 e. The first-order valence-corrected chi connectivity index (χ1v) is 24.5. The van der Waals surface area contributed by atoms with Crippen LogP contribution in [-0.2, 0) is 32.7 Å². The summed E-state index contributed by atoms with van der Waals surface area (Å²) in [6, 6.07) is 0. The summed E-state index contributed by atoms with van der Waals surface area (Å²) in [5.41, 5.74) is 0. The number of carbonyl (C=O) groups excluding carboxylic acids is 2. The van der Waals surface area contributed by atoms with Crippen molar-refractivity contribution in [3.05, 3.63) is 24.3 Å². The number of unbranched alkanes of at least 4 members (excludes halogenated alkanes) is 24. The van der Waals surface area contributed by atoms with Crippen LogP contribution in [0.15, 0.2) is 24.3 Å². The highest BCUT2D eigenvalue weighted by molar-refractivity contribution is 7.45. The van der Waals surface area contributed by atoms with E-state index >= 15 is 0 Å². The molecule has 0 bridgehead atoms. The Labute approximate surface area is 345 Å². The maximum atomic E-state index is 12.7. The van der Waals surface area contributed by atoms with Crippen molar-refractivity contribution in [1.29, 1.82) is 0 Å². The molecule has 2 atom stereocenters. The molecule has 0 aromatic heterocycles. The molecule has 0 radical (unpaired) electrons. The van der Waals surface area contributed by atoms with E-state index in [-0.39, 0.29) is 32.0 Å². The molecule has 1 unspecified atom stereocenters. The van der Waals surface area contributed by atoms with E-state index in [4.69, 9.17) is 18.5 Å². The van der Waals surface area contributed by atoms with Crippen LogP contribution in [-0.4, -0.2) is 70.0 Å². The van der Waals surface area contributed by atoms with Crippen molar-refractivity contribution in [1.82, 2.24) is 0 Å². The molecule has 0 aliphatic rings. The zero-order valence-electron chi connectivity index (χ0n) is 37.1. The van der Waals surface area contributed by atoms with Crippen LogP contribution in [0.3, 0.4) is 0 Å². The maximum Gasteiger partial charge on any atom is 0.306 e. The number of nitrogens with zero attached hydrogens (tertiary/aromatic N) is 1. The molecule has 0 aromatic carbocycles. The highest BCUT2D eigenvalue weighted by atomic mass is 31.2. The quantitative estimate of drug-likeness (QED) is 0.0197. The Morgan fingerprint density at radius 2 is 0.964 bits per heavy atom. The molecule has 0 saturated carbocycles. The normalized spacial score (nSPS) is 13.8. The lowest BCUT2D eigenvalue weighted by Gasteiger charge is -2.28. The zero-order valence-corrected chi connectivity index (χ0v) is 38.0. The summed E-state index contributed by atoms with van der Waals surface area (Å²) >= 11 is 0. The second-order valence-electron chi connectivity index (χ2n) is 16.8. The molecule has 0 rings (SSSR count). The number of esters is 2. The van der Waals surface area contributed by atoms with Gasteiger partial charge in [0.15, 0.2) is 6.10 Å². The number of ether oxygens (including phenoxy) is 2. The van der Waals surface area contributed by atoms with E-state index in [0.29, 0.717) is 17.4 Å². The molecule has 0 N–H and O–H groups in total. The van der Waals surface area contributed by atoms with Gasteiger partial charge in [0, 0.05) is 12.8 Å². The molecular weight excluding hydrogens is 725 g/mol. The molecule has 0 amide bonds. The summed E-state index contributed by atoms with van der Waals surface area (Å²) in [4.78, 5) is 37.6. The second kappa shape index (κ2) is 39.0. The Kier molecular flexibility index (Phi) is 37.9. The molecule has 0 spiro atoms. The van der Waals surface area contributed by atoms with E-state index in [1.807, 2.05) is 21.1 Å². The van der Waals surface area contributed by atoms with Crippen molar-refractivity contribution in [3.8, 4) is 0 Å². The van der Waals surface area contributed by atoms with Crippen LogP contribution in [0.5, 0.6) is 0 Å². The number of hydrogen-bond acceptors (Lipinski definition) is 8. The predicted octanol–water partition coefficient (Wildman–Crippen LogP) is 12.5. The lowest BCUT2D eigenvalue weighted by molar-refractivity contribution is -0.870. The van der Waals surface area contributed by atoms with E-state index in [9.17, 15) is 19.0 Å². The average Bonchev–Trinajstić information content (AvgIpc) is 3.15. The van der Waals surface area contributed by atoms with E-state index in [1.165, 1.54) is 116 Å². The highest BCUT2D eigenvalue weighted by Gasteiger charge is 2.21. The molecule has 56 heavy (non-hydrogen) atoms. The number of phosphoric acid groups is 1. The number of quaternary nitrogens is 1. The molecule has 0 aromatic rings. The minimum Gasteiger partial charge on any atom is -0.756 e. The fourth-order valence-corrected chi connectivity index (χ4v) is 7.06. The average molecular weight is 814 g/mol. The monoisotopic (exact) mass is 814 g/mol. The number of phosphoric ester groups is 1. The van der Waals surface area contributed by atoms with Crippen LogP contribution in [0.4, 0.5) is 0 Å². The van der Waals surface area contributed by atoms with Gasteiger partial charge in [0.1, 0.15) is 19.8 Å². The Hall–Kier alpha value is -1.51. The van der Waals surface area contributed by atoms with Gasteiger partial charge in [-0.2, -0.15) is 0 Å². The van der Waals surface area contributed by atoms with Crippen LogP contribution in [0, 0.1) is 0 Å². The van der Waals surface area contributed by atoms with Crippen molar-refractivity contribution in [2.24, 2.45) is 0 Å². The first-order valence-electron chi connectivity index (χ1n) is 23.0. The predicted molar refractivity (Wildman–Crippen MR) is 231 cm³/mol. The lowest BCUT2D eigenvalue weighted by Crippen LogP contribution is -2.37. The van der Waals surface area contributed by atoms with Crippen molar-refractivity contribution in [2.75, 3.05) is 47.5 Å². The van der Waals surface area contributed by atoms with E-state index in [0.717, 1.165) is 57.8 Å². The fraction of sp³-hybridized carbons (Fsp3) is 0.870. The summed E-state index contributed by atoms with van der Waals surface area (Å²) < 4.78 is 33.9. The van der Waals surface area contributed by atoms with Crippen molar-refractivity contribution >= 4 is 19.8 Å². The molecule has 9 nitrogen and oxygen atoms in total. The Morgan fingerprint density at radius 1 is 0.554 bits per heavy atom. The Bertz CT molecular complexity index is 1010. The summed E-state index contributed by atoms with van der Waals surface area (Å²) in [6.07, 6.45) is 42.0. The molecule has 0 aliphatic heterocycles. The molecule has 0 aliphatic carbocycles. The lowest BCUT2D eigenvalue weighted by atomic mass is 10.0. The van der Waals surface area contributed by atoms with E-state index < -0.39 is 26.5 Å². The number of carbonyl (C=O) groups is 2. The van der Waals surface area contributed by atoms with Gasteiger partial charge in [-0.3, -0.25) is 14.2 Å². The topological polar surface area (TPSA) is 111 Å². The van der Waals surface area contributed by atoms with Crippen LogP contribution in [0.1, 0.15) is 206 Å². The highest BCUT2D eigenvalue weighted by Crippen LogP contribution is 2.38. The van der Waals surface area contributed by atoms with Crippen LogP contribution >= 0.6 is 7.82 Å². The van der Waals surface area contributed by atoms with Gasteiger partial charge in [-0.25, -0.2) is 0 Å². The minimum absolute atomic E-state index is 0.0318. The molecule has 330 valence electrons. The van der Waals surface area contributed by atoms with Gasteiger partial charge >= 0.3 is 11.9 Å². The Morgan fingerprint density at radius 3 is 1.45 bits per heavy atom. The first kappa shape index (κ1) is 54.5. The summed E-state index contributed by atoms with van der Waals surface area (Å²) in [7, 11) is 1.16. The van der Waals surface area contributed by atoms with Gasteiger partial charge < -0.3 is 27.9 Å². The van der Waals surface area contributed by atoms with Gasteiger partial charge in [-0.1, -0.05) is 173 Å². The first-order chi connectivity index (χ1) is 27.0. The van der Waals surface area contributed by atoms with Crippen molar-refractivity contribution < 1.29 is 42.1 Å². The number of hydrogen-bond donors (Lipinski definition) is 0. The van der Waals surface area contributed by atoms with Crippen LogP contribution in [0.2, 0.25) is 0 Å². The molecular formula is C46H88NO8P. The minimum atomic E-state index is -4.63. The zero-order chi connectivity index (χ0) is 41.4. The standard InChI is InChI=1S/C46H88NO8P/c1-6-8-10-12-14-16-18-20-22-23-25-26-28-30-32-34-36-38-45(48)52-42-44(43-54-56(50,51)53-41-40-47(3,4)5)55-46(49)39-37-35-33-31-29-27-24-21-19-17-15-13-11-9-7-2/h15,17,21,24,44H,6-14,16,18-20,22-23,25-43H2,1-5H3/b17-15+,24-21+/t44-/m1/s1.